The lowest BCUT2D eigenvalue weighted by atomic mass is 10.0. The Morgan fingerprint density at radius 1 is 0.902 bits per heavy atom. The van der Waals surface area contributed by atoms with Gasteiger partial charge in [0.15, 0.2) is 0 Å². The molecule has 4 rings (SSSR count). The molecule has 0 radical (unpaired) electrons. The first-order chi connectivity index (χ1) is 20.2. The van der Waals surface area contributed by atoms with Crippen LogP contribution in [0.25, 0.3) is 0 Å². The van der Waals surface area contributed by atoms with E-state index in [0.717, 1.165) is 64.6 Å². The fourth-order valence-corrected chi connectivity index (χ4v) is 10.5. The average molecular weight is 589 g/mol. The Morgan fingerprint density at radius 3 is 2.34 bits per heavy atom. The van der Waals surface area contributed by atoms with Crippen LogP contribution in [0, 0.1) is 0 Å². The Hall–Kier alpha value is -1.99. The summed E-state index contributed by atoms with van der Waals surface area (Å²) < 4.78 is 6.41. The molecule has 3 nitrogen and oxygen atoms in total. The molecule has 0 aliphatic carbocycles. The fourth-order valence-electron chi connectivity index (χ4n) is 5.74. The molecule has 0 aromatic heterocycles. The summed E-state index contributed by atoms with van der Waals surface area (Å²) in [5.41, 5.74) is 2.92. The second-order valence-corrected chi connectivity index (χ2v) is 15.7. The first-order valence-electron chi connectivity index (χ1n) is 15.6. The number of hydrogen-bond donors (Lipinski definition) is 1. The van der Waals surface area contributed by atoms with E-state index in [4.69, 9.17) is 4.74 Å². The van der Waals surface area contributed by atoms with Crippen LogP contribution in [-0.2, 0) is 4.74 Å². The van der Waals surface area contributed by atoms with Crippen LogP contribution in [0.5, 0.6) is 0 Å². The lowest BCUT2D eigenvalue weighted by Gasteiger charge is -2.21. The largest absolute Gasteiger partial charge is 0.381 e. The third-order valence-corrected chi connectivity index (χ3v) is 13.4. The number of hydrogen-bond acceptors (Lipinski definition) is 3. The number of likely N-dealkylation sites (N-methyl/N-ethyl adjacent to an activating group) is 1. The van der Waals surface area contributed by atoms with Crippen LogP contribution < -0.4 is 15.9 Å². The van der Waals surface area contributed by atoms with E-state index in [1.807, 2.05) is 0 Å². The lowest BCUT2D eigenvalue weighted by Crippen LogP contribution is -2.25. The molecule has 0 saturated carbocycles. The number of allylic oxidation sites excluding steroid dienone is 7. The molecule has 41 heavy (non-hydrogen) atoms. The average Bonchev–Trinajstić information content (AvgIpc) is 3.31. The van der Waals surface area contributed by atoms with Gasteiger partial charge in [-0.15, -0.1) is 0 Å². The summed E-state index contributed by atoms with van der Waals surface area (Å²) in [5.74, 6) is 0. The van der Waals surface area contributed by atoms with Crippen LogP contribution in [0.15, 0.2) is 102 Å². The van der Waals surface area contributed by atoms with Crippen molar-refractivity contribution in [3.8, 4) is 0 Å². The predicted octanol–water partition coefficient (Wildman–Crippen LogP) is 7.26. The molecular formula is C36H50N2OP2. The molecule has 3 atom stereocenters. The summed E-state index contributed by atoms with van der Waals surface area (Å²) in [5, 5.41) is 9.55. The monoisotopic (exact) mass is 588 g/mol. The minimum absolute atomic E-state index is 0.428. The van der Waals surface area contributed by atoms with E-state index in [9.17, 15) is 0 Å². The maximum absolute atomic E-state index is 6.41. The highest BCUT2D eigenvalue weighted by atomic mass is 31.1. The zero-order valence-corrected chi connectivity index (χ0v) is 27.5. The molecule has 2 aliphatic heterocycles. The van der Waals surface area contributed by atoms with E-state index in [-0.39, 0.29) is 0 Å². The van der Waals surface area contributed by atoms with Crippen molar-refractivity contribution in [2.75, 3.05) is 51.7 Å². The van der Waals surface area contributed by atoms with Gasteiger partial charge >= 0.3 is 0 Å². The summed E-state index contributed by atoms with van der Waals surface area (Å²) in [4.78, 5) is 2.52. The normalized spacial score (nSPS) is 18.1. The van der Waals surface area contributed by atoms with Crippen LogP contribution in [0.2, 0.25) is 0 Å². The maximum Gasteiger partial charge on any atom is 0.0511 e. The first kappa shape index (κ1) is 31.9. The minimum atomic E-state index is -0.821. The number of rotatable bonds is 16. The Labute approximate surface area is 251 Å². The van der Waals surface area contributed by atoms with Crippen molar-refractivity contribution in [1.82, 2.24) is 10.2 Å². The van der Waals surface area contributed by atoms with Gasteiger partial charge in [-0.1, -0.05) is 132 Å². The van der Waals surface area contributed by atoms with E-state index < -0.39 is 15.5 Å². The van der Waals surface area contributed by atoms with E-state index in [0.29, 0.717) is 6.04 Å². The van der Waals surface area contributed by atoms with Crippen LogP contribution in [0.3, 0.4) is 0 Å². The standard InChI is InChI=1S/C36H50N2OP2/c1-5-36(37-6-2)31-19-22-34(23-20-31)40(32-14-10-9-11-15-32)26-24-39-25-27-41-33-16-12-13-17-35(41)28-30(18-21-33)29-38(7-3)8-4/h9-17,19-23,28,36-37,41H,5-8,18,24-27,29H2,1-4H3. The third-order valence-electron chi connectivity index (χ3n) is 8.11. The molecule has 3 unspecified atom stereocenters. The van der Waals surface area contributed by atoms with Crippen LogP contribution in [0.4, 0.5) is 0 Å². The van der Waals surface area contributed by atoms with Gasteiger partial charge in [-0.2, -0.15) is 0 Å². The Kier molecular flexibility index (Phi) is 13.4. The SMILES string of the molecule is CCNC(CC)c1ccc(P(CCOCC[PH]2=C3C=CC=CC2=CCC(CN(CC)CC)=C3)c2ccccc2)cc1. The molecule has 0 saturated heterocycles. The fraction of sp³-hybridized carbons (Fsp3) is 0.417. The van der Waals surface area contributed by atoms with Gasteiger partial charge in [0, 0.05) is 12.6 Å². The molecule has 2 aromatic rings. The van der Waals surface area contributed by atoms with Crippen LogP contribution >= 0.6 is 15.5 Å². The molecule has 2 aliphatic rings. The van der Waals surface area contributed by atoms with Crippen LogP contribution in [0.1, 0.15) is 52.1 Å². The van der Waals surface area contributed by atoms with Crippen molar-refractivity contribution in [2.24, 2.45) is 0 Å². The van der Waals surface area contributed by atoms with Crippen molar-refractivity contribution in [2.45, 2.75) is 46.6 Å². The van der Waals surface area contributed by atoms with Gasteiger partial charge in [-0.25, -0.2) is 0 Å². The van der Waals surface area contributed by atoms with E-state index in [2.05, 4.69) is 129 Å². The molecule has 2 heterocycles. The minimum Gasteiger partial charge on any atom is -0.381 e. The van der Waals surface area contributed by atoms with Gasteiger partial charge < -0.3 is 10.1 Å². The molecule has 0 amide bonds. The first-order valence-corrected chi connectivity index (χ1v) is 18.8. The summed E-state index contributed by atoms with van der Waals surface area (Å²) in [6, 6.07) is 20.8. The molecule has 0 spiro atoms. The summed E-state index contributed by atoms with van der Waals surface area (Å²) in [6.07, 6.45) is 18.5. The summed E-state index contributed by atoms with van der Waals surface area (Å²) in [7, 11) is -1.27. The van der Waals surface area contributed by atoms with E-state index in [1.54, 1.807) is 5.31 Å². The third kappa shape index (κ3) is 9.25. The highest BCUT2D eigenvalue weighted by Crippen LogP contribution is 2.41. The van der Waals surface area contributed by atoms with Crippen LogP contribution in [-0.4, -0.2) is 61.9 Å². The highest BCUT2D eigenvalue weighted by molar-refractivity contribution is 7.73. The Morgan fingerprint density at radius 2 is 1.63 bits per heavy atom. The van der Waals surface area contributed by atoms with Crippen molar-refractivity contribution >= 4 is 31.4 Å². The Balaban J connectivity index is 1.41. The quantitative estimate of drug-likeness (QED) is 0.165. The van der Waals surface area contributed by atoms with Crippen molar-refractivity contribution in [3.63, 3.8) is 0 Å². The van der Waals surface area contributed by atoms with E-state index in [1.165, 1.54) is 27.0 Å². The molecule has 220 valence electrons. The summed E-state index contributed by atoms with van der Waals surface area (Å²) in [6.45, 7) is 14.9. The van der Waals surface area contributed by atoms with Crippen molar-refractivity contribution in [3.05, 3.63) is 108 Å². The zero-order valence-electron chi connectivity index (χ0n) is 25.6. The highest BCUT2D eigenvalue weighted by Gasteiger charge is 2.17. The van der Waals surface area contributed by atoms with Crippen molar-refractivity contribution in [1.29, 1.82) is 0 Å². The predicted molar refractivity (Wildman–Crippen MR) is 187 cm³/mol. The smallest absolute Gasteiger partial charge is 0.0511 e. The second-order valence-electron chi connectivity index (χ2n) is 10.7. The van der Waals surface area contributed by atoms with Gasteiger partial charge in [0.2, 0.25) is 0 Å². The molecule has 2 bridgehead atoms. The molecule has 1 N–H and O–H groups in total. The topological polar surface area (TPSA) is 24.5 Å². The van der Waals surface area contributed by atoms with Crippen molar-refractivity contribution < 1.29 is 4.74 Å². The van der Waals surface area contributed by atoms with Gasteiger partial charge in [-0.3, -0.25) is 4.90 Å². The van der Waals surface area contributed by atoms with E-state index >= 15 is 0 Å². The van der Waals surface area contributed by atoms with Gasteiger partial charge in [0.1, 0.15) is 0 Å². The Bertz CT molecular complexity index is 1240. The van der Waals surface area contributed by atoms with Gasteiger partial charge in [0.05, 0.1) is 13.2 Å². The summed E-state index contributed by atoms with van der Waals surface area (Å²) >= 11 is 0. The zero-order chi connectivity index (χ0) is 28.9. The van der Waals surface area contributed by atoms with Gasteiger partial charge in [0.25, 0.3) is 0 Å². The molecular weight excluding hydrogens is 538 g/mol. The molecule has 0 fully saturated rings. The number of nitrogens with one attached hydrogen (secondary N) is 1. The lowest BCUT2D eigenvalue weighted by molar-refractivity contribution is 0.166. The molecule has 5 heteroatoms. The number of ether oxygens (including phenoxy) is 1. The second kappa shape index (κ2) is 17.2. The maximum atomic E-state index is 6.41. The number of nitrogens with zero attached hydrogens (tertiary/aromatic N) is 1. The number of benzene rings is 2. The molecule has 2 aromatic carbocycles. The van der Waals surface area contributed by atoms with Gasteiger partial charge in [-0.05, 0) is 79.5 Å². The number of fused-ring (bicyclic) bond motifs is 1.